The van der Waals surface area contributed by atoms with Gasteiger partial charge in [-0.2, -0.15) is 5.10 Å². The zero-order valence-electron chi connectivity index (χ0n) is 19.4. The van der Waals surface area contributed by atoms with E-state index in [9.17, 15) is 9.59 Å². The fourth-order valence-corrected chi connectivity index (χ4v) is 3.85. The van der Waals surface area contributed by atoms with Crippen LogP contribution in [0.1, 0.15) is 30.8 Å². The van der Waals surface area contributed by atoms with Crippen LogP contribution in [-0.2, 0) is 16.0 Å². The lowest BCUT2D eigenvalue weighted by atomic mass is 10.1. The maximum atomic E-state index is 12.7. The molecular formula is C25H29ClN4O3. The van der Waals surface area contributed by atoms with Gasteiger partial charge in [-0.15, -0.1) is 0 Å². The lowest BCUT2D eigenvalue weighted by molar-refractivity contribution is -0.133. The van der Waals surface area contributed by atoms with E-state index in [2.05, 4.69) is 10.4 Å². The van der Waals surface area contributed by atoms with Crippen LogP contribution in [0.15, 0.2) is 48.5 Å². The third kappa shape index (κ3) is 5.93. The number of hydrogen-bond acceptors (Lipinski definition) is 4. The van der Waals surface area contributed by atoms with Gasteiger partial charge in [0.25, 0.3) is 5.91 Å². The summed E-state index contributed by atoms with van der Waals surface area (Å²) in [5, 5.41) is 7.79. The number of ether oxygens (including phenoxy) is 1. The van der Waals surface area contributed by atoms with Crippen molar-refractivity contribution in [1.29, 1.82) is 0 Å². The molecule has 174 valence electrons. The molecule has 1 N–H and O–H groups in total. The molecule has 0 unspecified atom stereocenters. The number of benzene rings is 2. The van der Waals surface area contributed by atoms with E-state index in [1.165, 1.54) is 0 Å². The summed E-state index contributed by atoms with van der Waals surface area (Å²) in [6, 6.07) is 14.8. The molecule has 2 amide bonds. The Morgan fingerprint density at radius 3 is 2.42 bits per heavy atom. The first-order valence-electron chi connectivity index (χ1n) is 10.9. The van der Waals surface area contributed by atoms with Gasteiger partial charge in [-0.3, -0.25) is 9.59 Å². The average molecular weight is 469 g/mol. The van der Waals surface area contributed by atoms with Crippen LogP contribution in [0.2, 0.25) is 5.02 Å². The van der Waals surface area contributed by atoms with Crippen molar-refractivity contribution in [1.82, 2.24) is 14.7 Å². The number of nitrogens with one attached hydrogen (secondary N) is 1. The number of hydrogen-bond donors (Lipinski definition) is 1. The van der Waals surface area contributed by atoms with E-state index in [-0.39, 0.29) is 24.8 Å². The highest BCUT2D eigenvalue weighted by molar-refractivity contribution is 6.32. The Labute approximate surface area is 199 Å². The van der Waals surface area contributed by atoms with Crippen molar-refractivity contribution in [2.24, 2.45) is 0 Å². The van der Waals surface area contributed by atoms with Crippen LogP contribution in [0.4, 0.5) is 5.69 Å². The normalized spacial score (nSPS) is 10.7. The summed E-state index contributed by atoms with van der Waals surface area (Å²) in [7, 11) is 0. The van der Waals surface area contributed by atoms with Crippen LogP contribution in [-0.4, -0.2) is 46.2 Å². The number of likely N-dealkylation sites (N-methyl/N-ethyl adjacent to an activating group) is 1. The van der Waals surface area contributed by atoms with E-state index in [4.69, 9.17) is 16.3 Å². The number of nitrogens with zero attached hydrogens (tertiary/aromatic N) is 3. The molecule has 0 radical (unpaired) electrons. The summed E-state index contributed by atoms with van der Waals surface area (Å²) < 4.78 is 7.42. The SMILES string of the molecule is CCN(CC)C(=O)COc1ccc(NC(=O)Cc2c(C)nn(-c3ccccc3)c2C)cc1Cl. The standard InChI is InChI=1S/C25H29ClN4O3/c1-5-29(6-2)25(32)16-33-23-13-12-19(14-22(23)26)27-24(31)15-21-17(3)28-30(18(21)4)20-10-8-7-9-11-20/h7-14H,5-6,15-16H2,1-4H3,(H,27,31). The minimum Gasteiger partial charge on any atom is -0.482 e. The molecule has 33 heavy (non-hydrogen) atoms. The van der Waals surface area contributed by atoms with Gasteiger partial charge in [-0.05, 0) is 58.0 Å². The number of aromatic nitrogens is 2. The monoisotopic (exact) mass is 468 g/mol. The summed E-state index contributed by atoms with van der Waals surface area (Å²) >= 11 is 6.31. The zero-order chi connectivity index (χ0) is 24.0. The molecule has 0 saturated carbocycles. The smallest absolute Gasteiger partial charge is 0.260 e. The first kappa shape index (κ1) is 24.3. The number of anilines is 1. The van der Waals surface area contributed by atoms with E-state index < -0.39 is 0 Å². The topological polar surface area (TPSA) is 76.5 Å². The van der Waals surface area contributed by atoms with Crippen LogP contribution >= 0.6 is 11.6 Å². The molecule has 3 aromatic rings. The van der Waals surface area contributed by atoms with Gasteiger partial charge in [0.05, 0.1) is 22.8 Å². The number of aryl methyl sites for hydroxylation is 1. The molecule has 2 aromatic carbocycles. The molecule has 1 aromatic heterocycles. The van der Waals surface area contributed by atoms with Gasteiger partial charge < -0.3 is 15.0 Å². The number of amides is 2. The molecule has 3 rings (SSSR count). The molecule has 1 heterocycles. The van der Waals surface area contributed by atoms with Gasteiger partial charge in [-0.25, -0.2) is 4.68 Å². The predicted octanol–water partition coefficient (Wildman–Crippen LogP) is 4.57. The molecule has 8 heteroatoms. The minimum atomic E-state index is -0.171. The van der Waals surface area contributed by atoms with Crippen LogP contribution in [0.25, 0.3) is 5.69 Å². The van der Waals surface area contributed by atoms with Gasteiger partial charge in [0.2, 0.25) is 5.91 Å². The number of carbonyl (C=O) groups excluding carboxylic acids is 2. The second-order valence-corrected chi connectivity index (χ2v) is 8.03. The molecular weight excluding hydrogens is 440 g/mol. The summed E-state index contributed by atoms with van der Waals surface area (Å²) in [6.07, 6.45) is 0.193. The van der Waals surface area contributed by atoms with Crippen molar-refractivity contribution in [3.05, 3.63) is 70.5 Å². The largest absolute Gasteiger partial charge is 0.482 e. The maximum Gasteiger partial charge on any atom is 0.260 e. The lowest BCUT2D eigenvalue weighted by Gasteiger charge is -2.19. The molecule has 7 nitrogen and oxygen atoms in total. The Morgan fingerprint density at radius 2 is 1.79 bits per heavy atom. The Kier molecular flexibility index (Phi) is 8.11. The number of para-hydroxylation sites is 1. The van der Waals surface area contributed by atoms with E-state index in [1.807, 2.05) is 62.7 Å². The van der Waals surface area contributed by atoms with Gasteiger partial charge in [0, 0.05) is 30.0 Å². The quantitative estimate of drug-likeness (QED) is 0.499. The van der Waals surface area contributed by atoms with E-state index in [0.29, 0.717) is 29.5 Å². The first-order chi connectivity index (χ1) is 15.8. The lowest BCUT2D eigenvalue weighted by Crippen LogP contribution is -2.34. The molecule has 0 fully saturated rings. The Balaban J connectivity index is 1.64. The molecule has 0 aliphatic heterocycles. The summed E-state index contributed by atoms with van der Waals surface area (Å²) in [5.74, 6) is 0.122. The first-order valence-corrected chi connectivity index (χ1v) is 11.3. The van der Waals surface area contributed by atoms with Gasteiger partial charge >= 0.3 is 0 Å². The Morgan fingerprint density at radius 1 is 1.09 bits per heavy atom. The minimum absolute atomic E-state index is 0.0862. The Bertz CT molecular complexity index is 1120. The Hall–Kier alpha value is -3.32. The third-order valence-corrected chi connectivity index (χ3v) is 5.76. The molecule has 0 atom stereocenters. The molecule has 0 aliphatic rings. The molecule has 0 spiro atoms. The van der Waals surface area contributed by atoms with Gasteiger partial charge in [0.15, 0.2) is 6.61 Å². The van der Waals surface area contributed by atoms with Crippen LogP contribution < -0.4 is 10.1 Å². The highest BCUT2D eigenvalue weighted by Crippen LogP contribution is 2.28. The van der Waals surface area contributed by atoms with E-state index in [0.717, 1.165) is 22.6 Å². The maximum absolute atomic E-state index is 12.7. The fourth-order valence-electron chi connectivity index (χ4n) is 3.62. The highest BCUT2D eigenvalue weighted by atomic mass is 35.5. The second kappa shape index (κ2) is 11.0. The van der Waals surface area contributed by atoms with Gasteiger partial charge in [0.1, 0.15) is 5.75 Å². The number of rotatable bonds is 9. The van der Waals surface area contributed by atoms with Crippen molar-refractivity contribution in [3.63, 3.8) is 0 Å². The average Bonchev–Trinajstić information content (AvgIpc) is 3.08. The third-order valence-electron chi connectivity index (χ3n) is 5.46. The van der Waals surface area contributed by atoms with Crippen LogP contribution in [0.5, 0.6) is 5.75 Å². The van der Waals surface area contributed by atoms with Crippen molar-refractivity contribution >= 4 is 29.1 Å². The van der Waals surface area contributed by atoms with Crippen molar-refractivity contribution < 1.29 is 14.3 Å². The molecule has 0 saturated heterocycles. The molecule has 0 aliphatic carbocycles. The zero-order valence-corrected chi connectivity index (χ0v) is 20.1. The molecule has 0 bridgehead atoms. The summed E-state index contributed by atoms with van der Waals surface area (Å²) in [4.78, 5) is 26.5. The number of carbonyl (C=O) groups is 2. The van der Waals surface area contributed by atoms with Crippen molar-refractivity contribution in [2.45, 2.75) is 34.1 Å². The fraction of sp³-hybridized carbons (Fsp3) is 0.320. The van der Waals surface area contributed by atoms with E-state index >= 15 is 0 Å². The second-order valence-electron chi connectivity index (χ2n) is 7.62. The van der Waals surface area contributed by atoms with Gasteiger partial charge in [-0.1, -0.05) is 29.8 Å². The number of halogens is 1. The predicted molar refractivity (Wildman–Crippen MR) is 130 cm³/mol. The summed E-state index contributed by atoms with van der Waals surface area (Å²) in [5.41, 5.74) is 4.13. The summed E-state index contributed by atoms with van der Waals surface area (Å²) in [6.45, 7) is 8.86. The van der Waals surface area contributed by atoms with Crippen molar-refractivity contribution in [2.75, 3.05) is 25.0 Å². The van der Waals surface area contributed by atoms with Crippen molar-refractivity contribution in [3.8, 4) is 11.4 Å². The highest BCUT2D eigenvalue weighted by Gasteiger charge is 2.17. The van der Waals surface area contributed by atoms with E-state index in [1.54, 1.807) is 23.1 Å². The van der Waals surface area contributed by atoms with Crippen LogP contribution in [0.3, 0.4) is 0 Å². The van der Waals surface area contributed by atoms with Crippen LogP contribution in [0, 0.1) is 13.8 Å².